The molecule has 0 aliphatic carbocycles. The topological polar surface area (TPSA) is 54.5 Å². The van der Waals surface area contributed by atoms with Crippen LogP contribution in [0.4, 0.5) is 0 Å². The van der Waals surface area contributed by atoms with Crippen LogP contribution in [-0.2, 0) is 0 Å². The van der Waals surface area contributed by atoms with Crippen molar-refractivity contribution in [2.24, 2.45) is 0 Å². The Labute approximate surface area is 106 Å². The summed E-state index contributed by atoms with van der Waals surface area (Å²) in [6.45, 7) is 0. The molecule has 0 amide bonds. The van der Waals surface area contributed by atoms with Gasteiger partial charge in [-0.1, -0.05) is 11.6 Å². The molecule has 1 aromatic carbocycles. The van der Waals surface area contributed by atoms with Crippen LogP contribution in [0, 0.1) is 0 Å². The van der Waals surface area contributed by atoms with Crippen molar-refractivity contribution in [1.29, 1.82) is 0 Å². The van der Waals surface area contributed by atoms with Gasteiger partial charge in [-0.15, -0.1) is 0 Å². The largest absolute Gasteiger partial charge is 0.339 e. The Kier molecular flexibility index (Phi) is 2.70. The first-order chi connectivity index (χ1) is 8.31. The van der Waals surface area contributed by atoms with Crippen molar-refractivity contribution >= 4 is 34.4 Å². The molecule has 6 heteroatoms. The Balaban J connectivity index is 2.01. The molecule has 84 valence electrons. The first-order valence-electron chi connectivity index (χ1n) is 4.91. The summed E-state index contributed by atoms with van der Waals surface area (Å²) in [6.07, 6.45) is 5.20. The number of H-pyrrole nitrogens is 1. The molecule has 0 unspecified atom stereocenters. The minimum absolute atomic E-state index is 0.659. The molecule has 3 rings (SSSR count). The fourth-order valence-electron chi connectivity index (χ4n) is 1.42. The number of imidazole rings is 1. The lowest BCUT2D eigenvalue weighted by Crippen LogP contribution is -1.87. The van der Waals surface area contributed by atoms with Gasteiger partial charge in [0.05, 0.1) is 17.2 Å². The van der Waals surface area contributed by atoms with E-state index in [0.717, 1.165) is 21.2 Å². The fourth-order valence-corrected chi connectivity index (χ4v) is 2.28. The van der Waals surface area contributed by atoms with Crippen molar-refractivity contribution in [2.75, 3.05) is 0 Å². The van der Waals surface area contributed by atoms with Crippen molar-refractivity contribution < 1.29 is 0 Å². The average Bonchev–Trinajstić information content (AvgIpc) is 2.81. The van der Waals surface area contributed by atoms with Crippen LogP contribution in [-0.4, -0.2) is 19.9 Å². The highest BCUT2D eigenvalue weighted by Gasteiger charge is 2.04. The summed E-state index contributed by atoms with van der Waals surface area (Å²) in [6, 6.07) is 5.46. The van der Waals surface area contributed by atoms with Gasteiger partial charge < -0.3 is 4.98 Å². The van der Waals surface area contributed by atoms with E-state index in [9.17, 15) is 0 Å². The van der Waals surface area contributed by atoms with Crippen LogP contribution < -0.4 is 0 Å². The highest BCUT2D eigenvalue weighted by atomic mass is 35.5. The molecule has 17 heavy (non-hydrogen) atoms. The molecule has 0 fully saturated rings. The van der Waals surface area contributed by atoms with Crippen LogP contribution >= 0.6 is 23.4 Å². The number of nitrogens with zero attached hydrogens (tertiary/aromatic N) is 3. The van der Waals surface area contributed by atoms with E-state index in [0.29, 0.717) is 5.02 Å². The molecule has 2 aromatic heterocycles. The van der Waals surface area contributed by atoms with Crippen LogP contribution in [0.15, 0.2) is 47.0 Å². The molecule has 0 aliphatic heterocycles. The van der Waals surface area contributed by atoms with E-state index in [-0.39, 0.29) is 0 Å². The molecule has 0 saturated heterocycles. The molecular formula is C11H7ClN4S. The van der Waals surface area contributed by atoms with E-state index in [2.05, 4.69) is 19.9 Å². The second kappa shape index (κ2) is 4.35. The number of halogens is 1. The van der Waals surface area contributed by atoms with Crippen molar-refractivity contribution in [3.05, 3.63) is 41.8 Å². The molecule has 3 aromatic rings. The molecule has 4 nitrogen and oxygen atoms in total. The Morgan fingerprint density at radius 1 is 1.18 bits per heavy atom. The van der Waals surface area contributed by atoms with Gasteiger partial charge in [0.1, 0.15) is 5.03 Å². The van der Waals surface area contributed by atoms with E-state index in [1.807, 2.05) is 6.07 Å². The molecular weight excluding hydrogens is 256 g/mol. The van der Waals surface area contributed by atoms with Gasteiger partial charge in [-0.25, -0.2) is 9.97 Å². The van der Waals surface area contributed by atoms with Crippen molar-refractivity contribution in [3.63, 3.8) is 0 Å². The molecule has 0 spiro atoms. The first-order valence-corrected chi connectivity index (χ1v) is 6.10. The minimum atomic E-state index is 0.659. The van der Waals surface area contributed by atoms with Crippen molar-refractivity contribution in [2.45, 2.75) is 10.2 Å². The Bertz CT molecular complexity index is 654. The SMILES string of the molecule is Clc1ccc2ncc(Sc3ncc[nH]3)nc2c1. The lowest BCUT2D eigenvalue weighted by atomic mass is 10.3. The van der Waals surface area contributed by atoms with E-state index in [1.165, 1.54) is 11.8 Å². The van der Waals surface area contributed by atoms with E-state index >= 15 is 0 Å². The molecule has 2 heterocycles. The van der Waals surface area contributed by atoms with Crippen LogP contribution in [0.2, 0.25) is 5.02 Å². The second-order valence-corrected chi connectivity index (χ2v) is 4.78. The Morgan fingerprint density at radius 2 is 2.12 bits per heavy atom. The number of nitrogens with one attached hydrogen (secondary N) is 1. The zero-order chi connectivity index (χ0) is 11.7. The number of rotatable bonds is 2. The standard InChI is InChI=1S/C11H7ClN4S/c12-7-1-2-8-9(5-7)16-10(6-15-8)17-11-13-3-4-14-11/h1-6H,(H,13,14). The number of fused-ring (bicyclic) bond motifs is 1. The molecule has 0 bridgehead atoms. The molecule has 1 N–H and O–H groups in total. The highest BCUT2D eigenvalue weighted by molar-refractivity contribution is 7.99. The molecule has 0 saturated carbocycles. The predicted octanol–water partition coefficient (Wildman–Crippen LogP) is 3.16. The van der Waals surface area contributed by atoms with Crippen LogP contribution in [0.1, 0.15) is 0 Å². The normalized spacial score (nSPS) is 10.9. The van der Waals surface area contributed by atoms with Gasteiger partial charge in [-0.05, 0) is 30.0 Å². The number of hydrogen-bond donors (Lipinski definition) is 1. The third kappa shape index (κ3) is 2.25. The highest BCUT2D eigenvalue weighted by Crippen LogP contribution is 2.24. The zero-order valence-corrected chi connectivity index (χ0v) is 10.2. The zero-order valence-electron chi connectivity index (χ0n) is 8.59. The summed E-state index contributed by atoms with van der Waals surface area (Å²) in [5, 5.41) is 2.24. The Morgan fingerprint density at radius 3 is 2.94 bits per heavy atom. The lowest BCUT2D eigenvalue weighted by Gasteiger charge is -2.00. The average molecular weight is 263 g/mol. The van der Waals surface area contributed by atoms with Crippen LogP contribution in [0.25, 0.3) is 11.0 Å². The van der Waals surface area contributed by atoms with Gasteiger partial charge >= 0.3 is 0 Å². The smallest absolute Gasteiger partial charge is 0.171 e. The van der Waals surface area contributed by atoms with Gasteiger partial charge in [0.25, 0.3) is 0 Å². The number of hydrogen-bond acceptors (Lipinski definition) is 4. The van der Waals surface area contributed by atoms with E-state index < -0.39 is 0 Å². The number of benzene rings is 1. The maximum Gasteiger partial charge on any atom is 0.171 e. The number of aromatic nitrogens is 4. The summed E-state index contributed by atoms with van der Waals surface area (Å²) < 4.78 is 0. The van der Waals surface area contributed by atoms with Crippen molar-refractivity contribution in [3.8, 4) is 0 Å². The summed E-state index contributed by atoms with van der Waals surface area (Å²) in [4.78, 5) is 15.9. The third-order valence-electron chi connectivity index (χ3n) is 2.16. The summed E-state index contributed by atoms with van der Waals surface area (Å²) in [7, 11) is 0. The molecule has 0 atom stereocenters. The summed E-state index contributed by atoms with van der Waals surface area (Å²) >= 11 is 7.35. The maximum atomic E-state index is 5.92. The first kappa shape index (κ1) is 10.6. The maximum absolute atomic E-state index is 5.92. The van der Waals surface area contributed by atoms with Crippen molar-refractivity contribution in [1.82, 2.24) is 19.9 Å². The monoisotopic (exact) mass is 262 g/mol. The number of aromatic amines is 1. The van der Waals surface area contributed by atoms with Crippen LogP contribution in [0.3, 0.4) is 0 Å². The summed E-state index contributed by atoms with van der Waals surface area (Å²) in [5.41, 5.74) is 1.62. The minimum Gasteiger partial charge on any atom is -0.339 e. The molecule has 0 radical (unpaired) electrons. The van der Waals surface area contributed by atoms with Gasteiger partial charge in [-0.2, -0.15) is 0 Å². The van der Waals surface area contributed by atoms with Gasteiger partial charge in [0.15, 0.2) is 5.16 Å². The third-order valence-corrected chi connectivity index (χ3v) is 3.21. The fraction of sp³-hybridized carbons (Fsp3) is 0. The second-order valence-electron chi connectivity index (χ2n) is 3.34. The van der Waals surface area contributed by atoms with Gasteiger partial charge in [0.2, 0.25) is 0 Å². The van der Waals surface area contributed by atoms with Gasteiger partial charge in [-0.3, -0.25) is 4.98 Å². The van der Waals surface area contributed by atoms with E-state index in [1.54, 1.807) is 30.7 Å². The predicted molar refractivity (Wildman–Crippen MR) is 67.3 cm³/mol. The Hall–Kier alpha value is -1.59. The molecule has 0 aliphatic rings. The van der Waals surface area contributed by atoms with Crippen LogP contribution in [0.5, 0.6) is 0 Å². The van der Waals surface area contributed by atoms with E-state index in [4.69, 9.17) is 11.6 Å². The summed E-state index contributed by atoms with van der Waals surface area (Å²) in [5.74, 6) is 0. The van der Waals surface area contributed by atoms with Gasteiger partial charge in [0, 0.05) is 17.4 Å². The quantitative estimate of drug-likeness (QED) is 0.771. The lowest BCUT2D eigenvalue weighted by molar-refractivity contribution is 1.04.